The molecule has 0 spiro atoms. The summed E-state index contributed by atoms with van der Waals surface area (Å²) in [6.45, 7) is 7.34. The van der Waals surface area contributed by atoms with Crippen LogP contribution in [0.4, 0.5) is 0 Å². The van der Waals surface area contributed by atoms with Crippen molar-refractivity contribution in [3.63, 3.8) is 0 Å². The lowest BCUT2D eigenvalue weighted by Gasteiger charge is -2.25. The van der Waals surface area contributed by atoms with Crippen molar-refractivity contribution >= 4 is 5.96 Å². The minimum Gasteiger partial charge on any atom is -0.494 e. The molecular weight excluding hydrogens is 356 g/mol. The normalized spacial score (nSPS) is 16.5. The Labute approximate surface area is 166 Å². The molecule has 8 nitrogen and oxygen atoms in total. The monoisotopic (exact) mass is 386 g/mol. The molecule has 2 heterocycles. The van der Waals surface area contributed by atoms with Crippen molar-refractivity contribution in [1.29, 1.82) is 0 Å². The van der Waals surface area contributed by atoms with Crippen LogP contribution in [0.15, 0.2) is 29.3 Å². The maximum absolute atomic E-state index is 5.57. The minimum absolute atomic E-state index is 0.261. The maximum Gasteiger partial charge on any atom is 0.191 e. The lowest BCUT2D eigenvalue weighted by Crippen LogP contribution is -2.47. The lowest BCUT2D eigenvalue weighted by molar-refractivity contribution is 0.177. The quantitative estimate of drug-likeness (QED) is 0.532. The van der Waals surface area contributed by atoms with E-state index in [-0.39, 0.29) is 6.04 Å². The molecule has 28 heavy (non-hydrogen) atoms. The summed E-state index contributed by atoms with van der Waals surface area (Å²) in [5, 5.41) is 11.4. The van der Waals surface area contributed by atoms with Crippen molar-refractivity contribution in [2.24, 2.45) is 4.99 Å². The summed E-state index contributed by atoms with van der Waals surface area (Å²) in [6.07, 6.45) is 1.89. The SMILES string of the molecule is CCNC(=NCc1cccc(OCC)c1)NC1CCc2nc(COC)nn2C1. The number of benzene rings is 1. The highest BCUT2D eigenvalue weighted by Gasteiger charge is 2.22. The molecule has 2 aromatic rings. The molecule has 0 bridgehead atoms. The van der Waals surface area contributed by atoms with E-state index < -0.39 is 0 Å². The summed E-state index contributed by atoms with van der Waals surface area (Å²) < 4.78 is 12.7. The first-order chi connectivity index (χ1) is 13.7. The Balaban J connectivity index is 1.62. The number of hydrogen-bond donors (Lipinski definition) is 2. The minimum atomic E-state index is 0.261. The summed E-state index contributed by atoms with van der Waals surface area (Å²) >= 11 is 0. The van der Waals surface area contributed by atoms with Gasteiger partial charge >= 0.3 is 0 Å². The molecule has 1 aromatic heterocycles. The van der Waals surface area contributed by atoms with Crippen LogP contribution in [0.25, 0.3) is 0 Å². The number of methoxy groups -OCH3 is 1. The zero-order valence-corrected chi connectivity index (χ0v) is 16.9. The molecule has 1 aromatic carbocycles. The summed E-state index contributed by atoms with van der Waals surface area (Å²) in [4.78, 5) is 9.27. The average Bonchev–Trinajstić information content (AvgIpc) is 3.09. The van der Waals surface area contributed by atoms with Gasteiger partial charge in [-0.1, -0.05) is 12.1 Å². The van der Waals surface area contributed by atoms with Gasteiger partial charge in [0.05, 0.1) is 19.7 Å². The van der Waals surface area contributed by atoms with Gasteiger partial charge in [0, 0.05) is 26.1 Å². The zero-order chi connectivity index (χ0) is 19.8. The first-order valence-electron chi connectivity index (χ1n) is 9.90. The molecule has 3 rings (SSSR count). The zero-order valence-electron chi connectivity index (χ0n) is 16.9. The molecule has 1 aliphatic heterocycles. The maximum atomic E-state index is 5.57. The molecule has 0 amide bonds. The number of hydrogen-bond acceptors (Lipinski definition) is 5. The number of guanidine groups is 1. The standard InChI is InChI=1S/C20H30N6O2/c1-4-21-20(22-12-15-7-6-8-17(11-15)28-5-2)23-16-9-10-19-24-18(14-27-3)25-26(19)13-16/h6-8,11,16H,4-5,9-10,12-14H2,1-3H3,(H2,21,22,23). The fourth-order valence-corrected chi connectivity index (χ4v) is 3.25. The second-order valence-electron chi connectivity index (χ2n) is 6.71. The molecule has 152 valence electrons. The van der Waals surface area contributed by atoms with Crippen molar-refractivity contribution in [3.05, 3.63) is 41.5 Å². The van der Waals surface area contributed by atoms with Crippen molar-refractivity contribution in [1.82, 2.24) is 25.4 Å². The number of ether oxygens (including phenoxy) is 2. The Kier molecular flexibility index (Phi) is 7.25. The molecule has 0 saturated heterocycles. The second kappa shape index (κ2) is 10.1. The number of aromatic nitrogens is 3. The van der Waals surface area contributed by atoms with E-state index in [4.69, 9.17) is 14.5 Å². The Morgan fingerprint density at radius 1 is 1.36 bits per heavy atom. The number of fused-ring (bicyclic) bond motifs is 1. The van der Waals surface area contributed by atoms with Gasteiger partial charge in [-0.15, -0.1) is 0 Å². The van der Waals surface area contributed by atoms with E-state index in [1.54, 1.807) is 7.11 Å². The van der Waals surface area contributed by atoms with Gasteiger partial charge in [0.1, 0.15) is 18.2 Å². The molecule has 0 fully saturated rings. The van der Waals surface area contributed by atoms with Crippen molar-refractivity contribution < 1.29 is 9.47 Å². The van der Waals surface area contributed by atoms with E-state index in [0.29, 0.717) is 19.8 Å². The predicted octanol–water partition coefficient (Wildman–Crippen LogP) is 1.89. The van der Waals surface area contributed by atoms with Gasteiger partial charge in [0.2, 0.25) is 0 Å². The van der Waals surface area contributed by atoms with Crippen LogP contribution in [-0.4, -0.2) is 47.0 Å². The van der Waals surface area contributed by atoms with E-state index in [9.17, 15) is 0 Å². The van der Waals surface area contributed by atoms with E-state index in [1.807, 2.05) is 29.8 Å². The largest absolute Gasteiger partial charge is 0.494 e. The van der Waals surface area contributed by atoms with Crippen LogP contribution in [0, 0.1) is 0 Å². The number of aliphatic imine (C=N–C) groups is 1. The Morgan fingerprint density at radius 2 is 2.25 bits per heavy atom. The molecular formula is C20H30N6O2. The first kappa shape index (κ1) is 20.1. The van der Waals surface area contributed by atoms with Crippen LogP contribution in [0.1, 0.15) is 37.5 Å². The van der Waals surface area contributed by atoms with Crippen molar-refractivity contribution in [3.8, 4) is 5.75 Å². The molecule has 0 radical (unpaired) electrons. The highest BCUT2D eigenvalue weighted by Crippen LogP contribution is 2.15. The predicted molar refractivity (Wildman–Crippen MR) is 108 cm³/mol. The first-order valence-corrected chi connectivity index (χ1v) is 9.90. The molecule has 1 atom stereocenters. The number of nitrogens with one attached hydrogen (secondary N) is 2. The molecule has 1 unspecified atom stereocenters. The molecule has 0 saturated carbocycles. The Hall–Kier alpha value is -2.61. The number of nitrogens with zero attached hydrogens (tertiary/aromatic N) is 4. The fraction of sp³-hybridized carbons (Fsp3) is 0.550. The van der Waals surface area contributed by atoms with Gasteiger partial charge in [-0.2, -0.15) is 5.10 Å². The average molecular weight is 387 g/mol. The third-order valence-corrected chi connectivity index (χ3v) is 4.49. The number of aryl methyl sites for hydroxylation is 1. The molecule has 1 aliphatic rings. The van der Waals surface area contributed by atoms with Crippen LogP contribution < -0.4 is 15.4 Å². The van der Waals surface area contributed by atoms with Gasteiger partial charge in [-0.05, 0) is 38.0 Å². The highest BCUT2D eigenvalue weighted by molar-refractivity contribution is 5.80. The molecule has 0 aliphatic carbocycles. The number of rotatable bonds is 8. The van der Waals surface area contributed by atoms with E-state index >= 15 is 0 Å². The lowest BCUT2D eigenvalue weighted by atomic mass is 10.1. The Bertz CT molecular complexity index is 789. The van der Waals surface area contributed by atoms with E-state index in [2.05, 4.69) is 33.7 Å². The van der Waals surface area contributed by atoms with Crippen LogP contribution in [0.5, 0.6) is 5.75 Å². The summed E-state index contributed by atoms with van der Waals surface area (Å²) in [5.41, 5.74) is 1.12. The van der Waals surface area contributed by atoms with E-state index in [0.717, 1.165) is 54.9 Å². The topological polar surface area (TPSA) is 85.6 Å². The van der Waals surface area contributed by atoms with Gasteiger partial charge in [0.15, 0.2) is 11.8 Å². The summed E-state index contributed by atoms with van der Waals surface area (Å²) in [6, 6.07) is 8.33. The summed E-state index contributed by atoms with van der Waals surface area (Å²) in [5.74, 6) is 3.47. The van der Waals surface area contributed by atoms with Gasteiger partial charge in [-0.3, -0.25) is 0 Å². The third kappa shape index (κ3) is 5.45. The van der Waals surface area contributed by atoms with Crippen LogP contribution >= 0.6 is 0 Å². The van der Waals surface area contributed by atoms with Crippen LogP contribution in [0.3, 0.4) is 0 Å². The van der Waals surface area contributed by atoms with Crippen molar-refractivity contribution in [2.45, 2.75) is 52.4 Å². The fourth-order valence-electron chi connectivity index (χ4n) is 3.25. The van der Waals surface area contributed by atoms with Gasteiger partial charge < -0.3 is 20.1 Å². The Morgan fingerprint density at radius 3 is 3.04 bits per heavy atom. The molecule has 2 N–H and O–H groups in total. The second-order valence-corrected chi connectivity index (χ2v) is 6.71. The van der Waals surface area contributed by atoms with Crippen molar-refractivity contribution in [2.75, 3.05) is 20.3 Å². The van der Waals surface area contributed by atoms with Gasteiger partial charge in [-0.25, -0.2) is 14.7 Å². The van der Waals surface area contributed by atoms with E-state index in [1.165, 1.54) is 0 Å². The highest BCUT2D eigenvalue weighted by atomic mass is 16.5. The summed E-state index contributed by atoms with van der Waals surface area (Å²) in [7, 11) is 1.66. The third-order valence-electron chi connectivity index (χ3n) is 4.49. The smallest absolute Gasteiger partial charge is 0.191 e. The molecule has 8 heteroatoms. The van der Waals surface area contributed by atoms with Crippen LogP contribution in [-0.2, 0) is 30.9 Å². The van der Waals surface area contributed by atoms with Crippen LogP contribution in [0.2, 0.25) is 0 Å². The van der Waals surface area contributed by atoms with Gasteiger partial charge in [0.25, 0.3) is 0 Å².